The fraction of sp³-hybridized carbons (Fsp3) is 0. The van der Waals surface area contributed by atoms with Crippen molar-refractivity contribution in [2.24, 2.45) is 0 Å². The highest BCUT2D eigenvalue weighted by Crippen LogP contribution is 2.35. The fourth-order valence-electron chi connectivity index (χ4n) is 6.60. The highest BCUT2D eigenvalue weighted by molar-refractivity contribution is 6.49. The van der Waals surface area contributed by atoms with Gasteiger partial charge in [-0.15, -0.1) is 0 Å². The fourth-order valence-corrected chi connectivity index (χ4v) is 6.60. The summed E-state index contributed by atoms with van der Waals surface area (Å²) in [5.41, 5.74) is 11.7. The monoisotopic (exact) mass is 573 g/mol. The molecule has 2 aromatic heterocycles. The van der Waals surface area contributed by atoms with E-state index < -0.39 is 0 Å². The third kappa shape index (κ3) is 4.74. The molecule has 6 aromatic carbocycles. The summed E-state index contributed by atoms with van der Waals surface area (Å²) in [6.07, 6.45) is 0. The van der Waals surface area contributed by atoms with Crippen LogP contribution in [0.5, 0.6) is 0 Å². The van der Waals surface area contributed by atoms with Crippen LogP contribution >= 0.6 is 0 Å². The lowest BCUT2D eigenvalue weighted by Gasteiger charge is -2.13. The Hall–Kier alpha value is -5.35. The number of aromatic nitrogens is 3. The predicted molar refractivity (Wildman–Crippen MR) is 199 cm³/mol. The van der Waals surface area contributed by atoms with E-state index in [4.69, 9.17) is 19.4 Å². The summed E-state index contributed by atoms with van der Waals surface area (Å²) in [6, 6.07) is 40.0. The van der Waals surface area contributed by atoms with Crippen molar-refractivity contribution in [3.05, 3.63) is 115 Å². The van der Waals surface area contributed by atoms with E-state index in [1.165, 1.54) is 21.9 Å². The van der Waals surface area contributed by atoms with Gasteiger partial charge in [-0.2, -0.15) is 0 Å². The number of fused-ring (bicyclic) bond motifs is 4. The van der Waals surface area contributed by atoms with Gasteiger partial charge in [0.05, 0.1) is 0 Å². The van der Waals surface area contributed by atoms with Gasteiger partial charge in [-0.1, -0.05) is 114 Å². The molecule has 0 N–H and O–H groups in total. The van der Waals surface area contributed by atoms with E-state index in [2.05, 4.69) is 116 Å². The Balaban J connectivity index is 1.34. The normalized spacial score (nSPS) is 11.5. The zero-order valence-electron chi connectivity index (χ0n) is 25.7. The van der Waals surface area contributed by atoms with Crippen LogP contribution in [0.25, 0.3) is 78.0 Å². The zero-order valence-corrected chi connectivity index (χ0v) is 25.7. The highest BCUT2D eigenvalue weighted by atomic mass is 16.3. The summed E-state index contributed by atoms with van der Waals surface area (Å²) >= 11 is 0. The first-order valence-corrected chi connectivity index (χ1v) is 15.3. The van der Waals surface area contributed by atoms with E-state index in [-0.39, 0.29) is 0 Å². The van der Waals surface area contributed by atoms with Crippen molar-refractivity contribution in [2.45, 2.75) is 0 Å². The largest absolute Gasteiger partial charge is 0.457 e. The number of rotatable bonds is 4. The SMILES string of the molecule is Bc1cc(B)c2oc3c(B)cc(B)c(-c4cccc(-c5nc(-c6ccccc6)nc(-c6ccc7ccccc7c6)n5)c4)c3c2c1. The van der Waals surface area contributed by atoms with Crippen LogP contribution in [0.3, 0.4) is 0 Å². The summed E-state index contributed by atoms with van der Waals surface area (Å²) in [6.45, 7) is 0. The molecule has 0 aliphatic heterocycles. The molecule has 0 aliphatic rings. The van der Waals surface area contributed by atoms with Crippen molar-refractivity contribution in [3.8, 4) is 45.3 Å². The van der Waals surface area contributed by atoms with Gasteiger partial charge in [-0.3, -0.25) is 0 Å². The van der Waals surface area contributed by atoms with Crippen LogP contribution in [0.4, 0.5) is 0 Å². The number of hydrogen-bond acceptors (Lipinski definition) is 4. The topological polar surface area (TPSA) is 51.8 Å². The highest BCUT2D eigenvalue weighted by Gasteiger charge is 2.19. The summed E-state index contributed by atoms with van der Waals surface area (Å²) in [5.74, 6) is 1.93. The summed E-state index contributed by atoms with van der Waals surface area (Å²) in [4.78, 5) is 15.0. The Labute approximate surface area is 265 Å². The van der Waals surface area contributed by atoms with Gasteiger partial charge in [-0.25, -0.2) is 15.0 Å². The predicted octanol–water partition coefficient (Wildman–Crippen LogP) is 2.63. The Morgan fingerprint density at radius 1 is 0.444 bits per heavy atom. The van der Waals surface area contributed by atoms with E-state index in [0.29, 0.717) is 17.5 Å². The Bertz CT molecular complexity index is 2440. The first-order chi connectivity index (χ1) is 21.9. The molecule has 0 bridgehead atoms. The first-order valence-electron chi connectivity index (χ1n) is 15.3. The average molecular weight is 573 g/mol. The number of benzene rings is 6. The third-order valence-electron chi connectivity index (χ3n) is 8.64. The van der Waals surface area contributed by atoms with Crippen LogP contribution in [-0.2, 0) is 0 Å². The molecule has 8 heteroatoms. The van der Waals surface area contributed by atoms with Crippen molar-refractivity contribution in [2.75, 3.05) is 0 Å². The average Bonchev–Trinajstić information content (AvgIpc) is 3.45. The second kappa shape index (κ2) is 10.7. The Morgan fingerprint density at radius 2 is 1.07 bits per heavy atom. The van der Waals surface area contributed by atoms with Crippen molar-refractivity contribution in [3.63, 3.8) is 0 Å². The Kier molecular flexibility index (Phi) is 6.45. The molecule has 0 saturated carbocycles. The van der Waals surface area contributed by atoms with E-state index >= 15 is 0 Å². The van der Waals surface area contributed by atoms with Crippen LogP contribution in [0.15, 0.2) is 120 Å². The van der Waals surface area contributed by atoms with Gasteiger partial charge in [0.15, 0.2) is 17.5 Å². The van der Waals surface area contributed by atoms with Crippen molar-refractivity contribution in [1.29, 1.82) is 0 Å². The molecule has 0 saturated heterocycles. The lowest BCUT2D eigenvalue weighted by atomic mass is 9.78. The van der Waals surface area contributed by atoms with Crippen molar-refractivity contribution < 1.29 is 4.42 Å². The zero-order chi connectivity index (χ0) is 30.7. The third-order valence-corrected chi connectivity index (χ3v) is 8.64. The summed E-state index contributed by atoms with van der Waals surface area (Å²) in [7, 11) is 8.58. The van der Waals surface area contributed by atoms with Gasteiger partial charge in [0.2, 0.25) is 0 Å². The number of hydrogen-bond donors (Lipinski definition) is 0. The molecule has 2 heterocycles. The molecule has 0 spiro atoms. The molecule has 8 aromatic rings. The molecule has 0 aliphatic carbocycles. The van der Waals surface area contributed by atoms with Crippen LogP contribution in [0.2, 0.25) is 0 Å². The van der Waals surface area contributed by atoms with Crippen molar-refractivity contribution >= 4 is 85.9 Å². The molecule has 0 radical (unpaired) electrons. The summed E-state index contributed by atoms with van der Waals surface area (Å²) < 4.78 is 6.53. The molecule has 4 nitrogen and oxygen atoms in total. The van der Waals surface area contributed by atoms with Crippen LogP contribution in [0.1, 0.15) is 0 Å². The van der Waals surface area contributed by atoms with Crippen LogP contribution in [0, 0.1) is 0 Å². The maximum absolute atomic E-state index is 6.53. The minimum atomic E-state index is 0.638. The van der Waals surface area contributed by atoms with E-state index in [0.717, 1.165) is 60.5 Å². The summed E-state index contributed by atoms with van der Waals surface area (Å²) in [5, 5.41) is 4.64. The second-order valence-corrected chi connectivity index (χ2v) is 12.0. The standard InChI is InChI=1S/C37H27B4N3O/c38-26-17-27-32-31(28(39)19-30(41)34(32)45-33(27)29(40)18-26)23-11-6-12-24(16-23)36-42-35(21-8-2-1-3-9-21)43-37(44-36)25-14-13-20-7-4-5-10-22(20)15-25/h1-19H,38-41H2. The molecule has 0 fully saturated rings. The van der Waals surface area contributed by atoms with Gasteiger partial charge in [0.25, 0.3) is 0 Å². The molecule has 0 amide bonds. The van der Waals surface area contributed by atoms with Gasteiger partial charge in [0.1, 0.15) is 42.6 Å². The molecule has 45 heavy (non-hydrogen) atoms. The second-order valence-electron chi connectivity index (χ2n) is 12.0. The lowest BCUT2D eigenvalue weighted by molar-refractivity contribution is 0.674. The molecular formula is C37H27B4N3O. The molecule has 0 atom stereocenters. The van der Waals surface area contributed by atoms with Crippen molar-refractivity contribution in [1.82, 2.24) is 15.0 Å². The maximum Gasteiger partial charge on any atom is 0.164 e. The van der Waals surface area contributed by atoms with Gasteiger partial charge in [-0.05, 0) is 45.0 Å². The maximum atomic E-state index is 6.53. The van der Waals surface area contributed by atoms with Crippen LogP contribution < -0.4 is 21.9 Å². The van der Waals surface area contributed by atoms with Crippen LogP contribution in [-0.4, -0.2) is 46.3 Å². The van der Waals surface area contributed by atoms with E-state index in [1.807, 2.05) is 30.3 Å². The van der Waals surface area contributed by atoms with Gasteiger partial charge >= 0.3 is 0 Å². The number of furan rings is 1. The minimum Gasteiger partial charge on any atom is -0.457 e. The first kappa shape index (κ1) is 27.2. The quantitative estimate of drug-likeness (QED) is 0.305. The van der Waals surface area contributed by atoms with E-state index in [9.17, 15) is 0 Å². The van der Waals surface area contributed by atoms with E-state index in [1.54, 1.807) is 0 Å². The molecule has 208 valence electrons. The molecule has 8 rings (SSSR count). The van der Waals surface area contributed by atoms with Gasteiger partial charge in [0, 0.05) is 27.5 Å². The lowest BCUT2D eigenvalue weighted by Crippen LogP contribution is -2.17. The smallest absolute Gasteiger partial charge is 0.164 e. The Morgan fingerprint density at radius 3 is 1.84 bits per heavy atom. The number of nitrogens with zero attached hydrogens (tertiary/aromatic N) is 3. The minimum absolute atomic E-state index is 0.638. The van der Waals surface area contributed by atoms with Gasteiger partial charge < -0.3 is 4.42 Å². The molecule has 0 unspecified atom stereocenters. The molecular weight excluding hydrogens is 546 g/mol.